The molecule has 0 saturated carbocycles. The lowest BCUT2D eigenvalue weighted by Crippen LogP contribution is -2.52. The number of rotatable bonds is 6. The fourth-order valence-electron chi connectivity index (χ4n) is 4.96. The third-order valence-corrected chi connectivity index (χ3v) is 6.42. The van der Waals surface area contributed by atoms with Gasteiger partial charge in [0, 0.05) is 44.1 Å². The number of guanidine groups is 1. The van der Waals surface area contributed by atoms with Gasteiger partial charge >= 0.3 is 0 Å². The minimum Gasteiger partial charge on any atom is -0.503 e. The summed E-state index contributed by atoms with van der Waals surface area (Å²) in [5.74, 6) is 0.542. The highest BCUT2D eigenvalue weighted by Gasteiger charge is 2.34. The van der Waals surface area contributed by atoms with Gasteiger partial charge in [-0.3, -0.25) is 29.9 Å². The van der Waals surface area contributed by atoms with E-state index in [4.69, 9.17) is 9.47 Å². The third-order valence-electron chi connectivity index (χ3n) is 6.42. The van der Waals surface area contributed by atoms with Crippen LogP contribution in [-0.2, 0) is 4.74 Å². The molecule has 37 heavy (non-hydrogen) atoms. The Bertz CT molecular complexity index is 1220. The van der Waals surface area contributed by atoms with Crippen molar-refractivity contribution >= 4 is 23.4 Å². The number of nitrogens with zero attached hydrogens (tertiary/aromatic N) is 5. The van der Waals surface area contributed by atoms with Crippen molar-refractivity contribution in [3.05, 3.63) is 47.8 Å². The standard InChI is InChI=1S/C26H32N6O5/c1-16-12-31(13-17(2)37-16)14-26(3,35)15-36-20-7-6-19-21(22(20)33)29-25(32-10-9-28-23(19)32)30-24(34)18-5-4-8-27-11-18/h4-8,11,16-17,33,35H,9-10,12-15H2,1-3H3,(H,29,30,34). The molecule has 3 unspecified atom stereocenters. The molecule has 4 heterocycles. The van der Waals surface area contributed by atoms with Crippen molar-refractivity contribution in [2.75, 3.05) is 39.3 Å². The number of hydrogen-bond acceptors (Lipinski definition) is 10. The molecule has 0 spiro atoms. The van der Waals surface area contributed by atoms with Gasteiger partial charge in [0.25, 0.3) is 5.91 Å². The fraction of sp³-hybridized carbons (Fsp3) is 0.462. The SMILES string of the molecule is CC1CN(CC(C)(O)COc2ccc3c(c2O)N=C(NC(=O)c2cccnc2)N2CCN=C32)CC(C)O1. The zero-order valence-corrected chi connectivity index (χ0v) is 21.2. The maximum absolute atomic E-state index is 12.8. The van der Waals surface area contributed by atoms with Crippen molar-refractivity contribution < 1.29 is 24.5 Å². The van der Waals surface area contributed by atoms with E-state index in [1.54, 1.807) is 37.4 Å². The summed E-state index contributed by atoms with van der Waals surface area (Å²) in [6, 6.07) is 6.77. The number of pyridine rings is 1. The minimum atomic E-state index is -1.16. The first kappa shape index (κ1) is 25.1. The Morgan fingerprint density at radius 2 is 2.05 bits per heavy atom. The minimum absolute atomic E-state index is 0.0269. The van der Waals surface area contributed by atoms with E-state index in [1.807, 2.05) is 18.7 Å². The monoisotopic (exact) mass is 508 g/mol. The number of β-amino-alcohol motifs (C(OH)–C–C–N with tert-alkyl or cyclic N) is 1. The molecule has 1 saturated heterocycles. The predicted octanol–water partition coefficient (Wildman–Crippen LogP) is 1.52. The number of aromatic hydroxyl groups is 1. The van der Waals surface area contributed by atoms with E-state index < -0.39 is 5.60 Å². The van der Waals surface area contributed by atoms with Crippen molar-refractivity contribution in [1.29, 1.82) is 0 Å². The summed E-state index contributed by atoms with van der Waals surface area (Å²) in [6.07, 6.45) is 3.25. The van der Waals surface area contributed by atoms with E-state index in [0.717, 1.165) is 13.1 Å². The number of benzene rings is 1. The number of phenols is 1. The van der Waals surface area contributed by atoms with E-state index in [2.05, 4.69) is 25.2 Å². The van der Waals surface area contributed by atoms with Crippen molar-refractivity contribution in [2.24, 2.45) is 9.98 Å². The number of carbonyl (C=O) groups is 1. The highest BCUT2D eigenvalue weighted by atomic mass is 16.5. The van der Waals surface area contributed by atoms with Gasteiger partial charge in [-0.15, -0.1) is 0 Å². The Kier molecular flexibility index (Phi) is 6.84. The number of aliphatic hydroxyl groups is 1. The van der Waals surface area contributed by atoms with E-state index in [1.165, 1.54) is 6.20 Å². The predicted molar refractivity (Wildman–Crippen MR) is 138 cm³/mol. The molecule has 1 aromatic carbocycles. The number of aliphatic imine (C=N–C) groups is 2. The van der Waals surface area contributed by atoms with Crippen LogP contribution in [0.2, 0.25) is 0 Å². The molecule has 1 fully saturated rings. The number of nitrogens with one attached hydrogen (secondary N) is 1. The summed E-state index contributed by atoms with van der Waals surface area (Å²) in [6.45, 7) is 8.68. The lowest BCUT2D eigenvalue weighted by Gasteiger charge is -2.38. The molecule has 0 aliphatic carbocycles. The first-order valence-corrected chi connectivity index (χ1v) is 12.4. The Labute approximate surface area is 215 Å². The van der Waals surface area contributed by atoms with Crippen LogP contribution in [0.4, 0.5) is 5.69 Å². The molecule has 11 nitrogen and oxygen atoms in total. The molecule has 3 aliphatic heterocycles. The van der Waals surface area contributed by atoms with Gasteiger partial charge in [-0.25, -0.2) is 4.99 Å². The summed E-state index contributed by atoms with van der Waals surface area (Å²) in [5, 5.41) is 24.9. The lowest BCUT2D eigenvalue weighted by atomic mass is 10.1. The van der Waals surface area contributed by atoms with E-state index >= 15 is 0 Å². The van der Waals surface area contributed by atoms with Gasteiger partial charge in [0.05, 0.1) is 24.3 Å². The lowest BCUT2D eigenvalue weighted by molar-refractivity contribution is -0.0952. The van der Waals surface area contributed by atoms with Crippen molar-refractivity contribution in [3.63, 3.8) is 0 Å². The second-order valence-corrected chi connectivity index (χ2v) is 10.0. The molecule has 3 N–H and O–H groups in total. The molecular formula is C26H32N6O5. The largest absolute Gasteiger partial charge is 0.503 e. The number of hydrogen-bond donors (Lipinski definition) is 3. The Morgan fingerprint density at radius 3 is 2.78 bits per heavy atom. The van der Waals surface area contributed by atoms with Crippen LogP contribution in [0.25, 0.3) is 0 Å². The van der Waals surface area contributed by atoms with Gasteiger partial charge in [0.15, 0.2) is 11.5 Å². The van der Waals surface area contributed by atoms with Crippen LogP contribution in [0.1, 0.15) is 36.7 Å². The maximum atomic E-state index is 12.8. The van der Waals surface area contributed by atoms with Gasteiger partial charge < -0.3 is 19.7 Å². The molecule has 2 aromatic rings. The van der Waals surface area contributed by atoms with Gasteiger partial charge in [-0.2, -0.15) is 0 Å². The molecule has 5 rings (SSSR count). The first-order valence-electron chi connectivity index (χ1n) is 12.4. The number of amidine groups is 1. The number of amides is 1. The van der Waals surface area contributed by atoms with Crippen LogP contribution in [-0.4, -0.2) is 99.8 Å². The molecule has 1 aromatic heterocycles. The second-order valence-electron chi connectivity index (χ2n) is 10.0. The van der Waals surface area contributed by atoms with Crippen LogP contribution < -0.4 is 10.1 Å². The van der Waals surface area contributed by atoms with E-state index in [-0.39, 0.29) is 47.9 Å². The summed E-state index contributed by atoms with van der Waals surface area (Å²) in [7, 11) is 0. The first-order chi connectivity index (χ1) is 17.7. The van der Waals surface area contributed by atoms with Crippen LogP contribution in [0.5, 0.6) is 11.5 Å². The summed E-state index contributed by atoms with van der Waals surface area (Å²) in [5.41, 5.74) is 0.134. The summed E-state index contributed by atoms with van der Waals surface area (Å²) < 4.78 is 11.7. The molecule has 196 valence electrons. The van der Waals surface area contributed by atoms with Gasteiger partial charge in [0.2, 0.25) is 5.96 Å². The van der Waals surface area contributed by atoms with Crippen molar-refractivity contribution in [2.45, 2.75) is 38.6 Å². The molecule has 3 atom stereocenters. The van der Waals surface area contributed by atoms with Gasteiger partial charge in [-0.05, 0) is 45.0 Å². The number of morpholine rings is 1. The molecule has 1 amide bonds. The number of phenolic OH excluding ortho intramolecular Hbond substituents is 1. The Balaban J connectivity index is 1.34. The smallest absolute Gasteiger partial charge is 0.259 e. The Morgan fingerprint density at radius 1 is 1.27 bits per heavy atom. The van der Waals surface area contributed by atoms with Gasteiger partial charge in [0.1, 0.15) is 23.7 Å². The molecule has 0 bridgehead atoms. The average Bonchev–Trinajstić information content (AvgIpc) is 3.34. The quantitative estimate of drug-likeness (QED) is 0.535. The number of fused-ring (bicyclic) bond motifs is 3. The fourth-order valence-corrected chi connectivity index (χ4v) is 4.96. The molecule has 0 radical (unpaired) electrons. The average molecular weight is 509 g/mol. The normalized spacial score (nSPS) is 22.9. The zero-order valence-electron chi connectivity index (χ0n) is 21.2. The highest BCUT2D eigenvalue weighted by Crippen LogP contribution is 2.42. The summed E-state index contributed by atoms with van der Waals surface area (Å²) in [4.78, 5) is 29.8. The number of aromatic nitrogens is 1. The summed E-state index contributed by atoms with van der Waals surface area (Å²) >= 11 is 0. The van der Waals surface area contributed by atoms with Crippen molar-refractivity contribution in [1.82, 2.24) is 20.1 Å². The van der Waals surface area contributed by atoms with E-state index in [9.17, 15) is 15.0 Å². The molecule has 3 aliphatic rings. The number of carbonyl (C=O) groups excluding carboxylic acids is 1. The molecular weight excluding hydrogens is 476 g/mol. The third kappa shape index (κ3) is 5.43. The Hall–Kier alpha value is -3.54. The van der Waals surface area contributed by atoms with Crippen LogP contribution in [0.3, 0.4) is 0 Å². The number of ether oxygens (including phenoxy) is 2. The highest BCUT2D eigenvalue weighted by molar-refractivity contribution is 6.20. The van der Waals surface area contributed by atoms with Gasteiger partial charge in [-0.1, -0.05) is 0 Å². The maximum Gasteiger partial charge on any atom is 0.259 e. The van der Waals surface area contributed by atoms with Crippen LogP contribution >= 0.6 is 0 Å². The zero-order chi connectivity index (χ0) is 26.2. The van der Waals surface area contributed by atoms with Crippen molar-refractivity contribution in [3.8, 4) is 11.5 Å². The topological polar surface area (TPSA) is 132 Å². The molecule has 11 heteroatoms. The van der Waals surface area contributed by atoms with E-state index in [0.29, 0.717) is 36.6 Å². The van der Waals surface area contributed by atoms with Crippen LogP contribution in [0.15, 0.2) is 46.6 Å². The second kappa shape index (κ2) is 10.1. The van der Waals surface area contributed by atoms with Crippen LogP contribution in [0, 0.1) is 0 Å².